The van der Waals surface area contributed by atoms with E-state index in [0.717, 1.165) is 11.1 Å². The van der Waals surface area contributed by atoms with Crippen molar-refractivity contribution in [3.05, 3.63) is 86.9 Å². The fourth-order valence-electron chi connectivity index (χ4n) is 2.77. The number of rotatable bonds is 4. The van der Waals surface area contributed by atoms with Crippen molar-refractivity contribution in [3.8, 4) is 11.3 Å². The molecule has 7 heteroatoms. The zero-order valence-electron chi connectivity index (χ0n) is 14.4. The van der Waals surface area contributed by atoms with E-state index in [0.29, 0.717) is 37.3 Å². The quantitative estimate of drug-likeness (QED) is 0.332. The van der Waals surface area contributed by atoms with Gasteiger partial charge in [0.2, 0.25) is 0 Å². The molecule has 3 aromatic rings. The van der Waals surface area contributed by atoms with Crippen LogP contribution in [0.4, 0.5) is 0 Å². The van der Waals surface area contributed by atoms with Gasteiger partial charge in [0.1, 0.15) is 15.8 Å². The summed E-state index contributed by atoms with van der Waals surface area (Å²) in [6.45, 7) is 0.454. The number of carbonyl (C=O) groups is 1. The van der Waals surface area contributed by atoms with Crippen LogP contribution in [-0.4, -0.2) is 15.1 Å². The molecule has 0 aliphatic carbocycles. The van der Waals surface area contributed by atoms with E-state index in [1.165, 1.54) is 11.8 Å². The maximum absolute atomic E-state index is 12.8. The van der Waals surface area contributed by atoms with Gasteiger partial charge in [-0.1, -0.05) is 77.5 Å². The molecule has 0 atom stereocenters. The van der Waals surface area contributed by atoms with Gasteiger partial charge in [-0.05, 0) is 35.9 Å². The molecule has 3 nitrogen and oxygen atoms in total. The second-order valence-corrected chi connectivity index (χ2v) is 8.57. The molecular weight excluding hydrogens is 433 g/mol. The molecule has 2 heterocycles. The predicted octanol–water partition coefficient (Wildman–Crippen LogP) is 6.65. The van der Waals surface area contributed by atoms with Crippen molar-refractivity contribution < 1.29 is 9.21 Å². The number of benzene rings is 2. The average molecular weight is 446 g/mol. The zero-order valence-corrected chi connectivity index (χ0v) is 17.5. The fourth-order valence-corrected chi connectivity index (χ4v) is 4.30. The first-order chi connectivity index (χ1) is 13.5. The molecule has 1 aliphatic heterocycles. The van der Waals surface area contributed by atoms with Gasteiger partial charge in [-0.3, -0.25) is 9.69 Å². The Morgan fingerprint density at radius 1 is 1.04 bits per heavy atom. The highest BCUT2D eigenvalue weighted by atomic mass is 35.5. The Hall–Kier alpha value is -2.05. The molecule has 1 aromatic heterocycles. The van der Waals surface area contributed by atoms with Crippen molar-refractivity contribution in [2.45, 2.75) is 6.54 Å². The standard InChI is InChI=1S/C21H13Cl2NO2S2/c22-16-8-6-14(10-17(16)23)18-9-7-15(26-18)11-19-20(25)24(21(27)28-19)12-13-4-2-1-3-5-13/h1-11H,12H2. The second kappa shape index (κ2) is 8.13. The van der Waals surface area contributed by atoms with Crippen LogP contribution in [0.5, 0.6) is 0 Å². The van der Waals surface area contributed by atoms with Gasteiger partial charge in [0.25, 0.3) is 5.91 Å². The fraction of sp³-hybridized carbons (Fsp3) is 0.0476. The SMILES string of the molecule is O=C1C(=Cc2ccc(-c3ccc(Cl)c(Cl)c3)o2)SC(=S)N1Cc1ccccc1. The summed E-state index contributed by atoms with van der Waals surface area (Å²) in [6.07, 6.45) is 1.71. The number of amides is 1. The Morgan fingerprint density at radius 3 is 2.57 bits per heavy atom. The maximum Gasteiger partial charge on any atom is 0.266 e. The number of hydrogen-bond acceptors (Lipinski definition) is 4. The number of thioether (sulfide) groups is 1. The van der Waals surface area contributed by atoms with Crippen LogP contribution >= 0.6 is 47.2 Å². The van der Waals surface area contributed by atoms with E-state index in [1.54, 1.807) is 23.1 Å². The molecular formula is C21H13Cl2NO2S2. The third-order valence-electron chi connectivity index (χ3n) is 4.16. The highest BCUT2D eigenvalue weighted by molar-refractivity contribution is 8.26. The van der Waals surface area contributed by atoms with Crippen LogP contribution in [-0.2, 0) is 11.3 Å². The van der Waals surface area contributed by atoms with Crippen molar-refractivity contribution in [1.82, 2.24) is 4.90 Å². The van der Waals surface area contributed by atoms with Gasteiger partial charge in [-0.15, -0.1) is 0 Å². The van der Waals surface area contributed by atoms with E-state index >= 15 is 0 Å². The van der Waals surface area contributed by atoms with Gasteiger partial charge in [0, 0.05) is 11.6 Å². The molecule has 0 radical (unpaired) electrons. The second-order valence-electron chi connectivity index (χ2n) is 6.08. The summed E-state index contributed by atoms with van der Waals surface area (Å²) in [4.78, 5) is 14.9. The van der Waals surface area contributed by atoms with Gasteiger partial charge in [-0.25, -0.2) is 0 Å². The number of carbonyl (C=O) groups excluding carboxylic acids is 1. The lowest BCUT2D eigenvalue weighted by Gasteiger charge is -2.14. The molecule has 28 heavy (non-hydrogen) atoms. The molecule has 0 unspecified atom stereocenters. The first-order valence-corrected chi connectivity index (χ1v) is 10.3. The van der Waals surface area contributed by atoms with Gasteiger partial charge in [0.05, 0.1) is 21.5 Å². The monoisotopic (exact) mass is 445 g/mol. The number of hydrogen-bond donors (Lipinski definition) is 0. The van der Waals surface area contributed by atoms with Crippen LogP contribution in [0.3, 0.4) is 0 Å². The van der Waals surface area contributed by atoms with Crippen LogP contribution in [0.25, 0.3) is 17.4 Å². The van der Waals surface area contributed by atoms with Crippen molar-refractivity contribution in [2.75, 3.05) is 0 Å². The number of nitrogens with zero attached hydrogens (tertiary/aromatic N) is 1. The van der Waals surface area contributed by atoms with Crippen LogP contribution in [0.15, 0.2) is 70.0 Å². The first kappa shape index (κ1) is 19.3. The van der Waals surface area contributed by atoms with Crippen molar-refractivity contribution in [3.63, 3.8) is 0 Å². The summed E-state index contributed by atoms with van der Waals surface area (Å²) in [6, 6.07) is 18.7. The van der Waals surface area contributed by atoms with Gasteiger partial charge >= 0.3 is 0 Å². The highest BCUT2D eigenvalue weighted by Gasteiger charge is 2.32. The highest BCUT2D eigenvalue weighted by Crippen LogP contribution is 2.35. The lowest BCUT2D eigenvalue weighted by Crippen LogP contribution is -2.27. The Labute approximate surface area is 181 Å². The van der Waals surface area contributed by atoms with Crippen LogP contribution in [0, 0.1) is 0 Å². The Bertz CT molecular complexity index is 1090. The Balaban J connectivity index is 1.55. The van der Waals surface area contributed by atoms with Gasteiger partial charge in [-0.2, -0.15) is 0 Å². The number of furan rings is 1. The minimum absolute atomic E-state index is 0.119. The van der Waals surface area contributed by atoms with Crippen LogP contribution in [0.1, 0.15) is 11.3 Å². The smallest absolute Gasteiger partial charge is 0.266 e. The van der Waals surface area contributed by atoms with E-state index in [2.05, 4.69) is 0 Å². The minimum atomic E-state index is -0.119. The molecule has 0 spiro atoms. The van der Waals surface area contributed by atoms with Crippen molar-refractivity contribution in [2.24, 2.45) is 0 Å². The maximum atomic E-state index is 12.8. The van der Waals surface area contributed by atoms with Crippen LogP contribution in [0.2, 0.25) is 10.0 Å². The van der Waals surface area contributed by atoms with E-state index in [4.69, 9.17) is 39.8 Å². The van der Waals surface area contributed by atoms with Gasteiger partial charge in [0.15, 0.2) is 0 Å². The molecule has 140 valence electrons. The van der Waals surface area contributed by atoms with E-state index in [1.807, 2.05) is 48.5 Å². The predicted molar refractivity (Wildman–Crippen MR) is 119 cm³/mol. The van der Waals surface area contributed by atoms with Crippen molar-refractivity contribution >= 4 is 63.5 Å². The lowest BCUT2D eigenvalue weighted by molar-refractivity contribution is -0.122. The minimum Gasteiger partial charge on any atom is -0.457 e. The molecule has 1 amide bonds. The molecule has 0 bridgehead atoms. The summed E-state index contributed by atoms with van der Waals surface area (Å²) < 4.78 is 6.40. The van der Waals surface area contributed by atoms with Gasteiger partial charge < -0.3 is 4.42 Å². The lowest BCUT2D eigenvalue weighted by atomic mass is 10.2. The average Bonchev–Trinajstić information content (AvgIpc) is 3.25. The first-order valence-electron chi connectivity index (χ1n) is 8.36. The van der Waals surface area contributed by atoms with E-state index in [-0.39, 0.29) is 5.91 Å². The summed E-state index contributed by atoms with van der Waals surface area (Å²) in [5.74, 6) is 1.09. The molecule has 2 aromatic carbocycles. The van der Waals surface area contributed by atoms with Crippen LogP contribution < -0.4 is 0 Å². The summed E-state index contributed by atoms with van der Waals surface area (Å²) in [5, 5.41) is 0.943. The molecule has 4 rings (SSSR count). The summed E-state index contributed by atoms with van der Waals surface area (Å²) >= 11 is 18.7. The summed E-state index contributed by atoms with van der Waals surface area (Å²) in [7, 11) is 0. The molecule has 0 N–H and O–H groups in total. The molecule has 1 aliphatic rings. The molecule has 0 saturated carbocycles. The van der Waals surface area contributed by atoms with E-state index < -0.39 is 0 Å². The Kier molecular flexibility index (Phi) is 5.60. The largest absolute Gasteiger partial charge is 0.457 e. The summed E-state index contributed by atoms with van der Waals surface area (Å²) in [5.41, 5.74) is 1.84. The normalized spacial score (nSPS) is 15.6. The Morgan fingerprint density at radius 2 is 1.82 bits per heavy atom. The van der Waals surface area contributed by atoms with E-state index in [9.17, 15) is 4.79 Å². The van der Waals surface area contributed by atoms with Crippen molar-refractivity contribution in [1.29, 1.82) is 0 Å². The third-order valence-corrected chi connectivity index (χ3v) is 6.28. The number of halogens is 2. The molecule has 1 fully saturated rings. The zero-order chi connectivity index (χ0) is 19.7. The number of thiocarbonyl (C=S) groups is 1. The third kappa shape index (κ3) is 4.03. The topological polar surface area (TPSA) is 33.5 Å². The molecule has 1 saturated heterocycles.